The summed E-state index contributed by atoms with van der Waals surface area (Å²) in [4.78, 5) is 17.2. The molecular weight excluding hydrogens is 410 g/mol. The molecule has 1 aromatic heterocycles. The van der Waals surface area contributed by atoms with Crippen LogP contribution in [0.4, 0.5) is 0 Å². The number of nitrogens with zero attached hydrogens (tertiary/aromatic N) is 2. The number of benzene rings is 2. The molecule has 4 rings (SSSR count). The van der Waals surface area contributed by atoms with E-state index in [1.165, 1.54) is 16.5 Å². The number of hydrogen-bond acceptors (Lipinski definition) is 5. The summed E-state index contributed by atoms with van der Waals surface area (Å²) in [5.41, 5.74) is 4.99. The highest BCUT2D eigenvalue weighted by molar-refractivity contribution is 7.96. The molecule has 0 saturated carbocycles. The standard InChI is InChI=1S/C24H29N3O3S/c1-16-14-22(30-2)20(19-8-10-25-23(16)19)15-26-12-13-27(31-3)11-9-21(26)17-4-6-18(7-5-17)24(28)29/h4-8,10,14,21,25H,9,11-13,15H2,1-3H3,(H,28,29). The Morgan fingerprint density at radius 1 is 1.23 bits per heavy atom. The topological polar surface area (TPSA) is 68.8 Å². The molecule has 0 aliphatic carbocycles. The number of carbonyl (C=O) groups is 1. The van der Waals surface area contributed by atoms with Gasteiger partial charge in [0.1, 0.15) is 5.75 Å². The predicted octanol–water partition coefficient (Wildman–Crippen LogP) is 4.71. The van der Waals surface area contributed by atoms with Crippen molar-refractivity contribution in [3.63, 3.8) is 0 Å². The molecule has 1 atom stereocenters. The van der Waals surface area contributed by atoms with Crippen LogP contribution < -0.4 is 4.74 Å². The van der Waals surface area contributed by atoms with Gasteiger partial charge in [-0.2, -0.15) is 0 Å². The highest BCUT2D eigenvalue weighted by Crippen LogP contribution is 2.36. The van der Waals surface area contributed by atoms with Crippen molar-refractivity contribution in [3.05, 3.63) is 64.8 Å². The van der Waals surface area contributed by atoms with Crippen molar-refractivity contribution in [3.8, 4) is 5.75 Å². The van der Waals surface area contributed by atoms with Gasteiger partial charge in [-0.25, -0.2) is 9.10 Å². The minimum Gasteiger partial charge on any atom is -0.496 e. The molecule has 31 heavy (non-hydrogen) atoms. The molecule has 6 nitrogen and oxygen atoms in total. The second-order valence-corrected chi connectivity index (χ2v) is 8.84. The fraction of sp³-hybridized carbons (Fsp3) is 0.375. The molecule has 0 bridgehead atoms. The van der Waals surface area contributed by atoms with Gasteiger partial charge in [0.15, 0.2) is 0 Å². The van der Waals surface area contributed by atoms with Crippen molar-refractivity contribution in [1.82, 2.24) is 14.2 Å². The zero-order chi connectivity index (χ0) is 22.0. The van der Waals surface area contributed by atoms with Crippen molar-refractivity contribution in [2.24, 2.45) is 0 Å². The Morgan fingerprint density at radius 3 is 2.68 bits per heavy atom. The molecule has 2 heterocycles. The van der Waals surface area contributed by atoms with E-state index in [1.807, 2.05) is 18.3 Å². The number of aromatic amines is 1. The van der Waals surface area contributed by atoms with E-state index in [0.29, 0.717) is 5.56 Å². The fourth-order valence-electron chi connectivity index (χ4n) is 4.54. The molecular formula is C24H29N3O3S. The van der Waals surface area contributed by atoms with E-state index in [-0.39, 0.29) is 6.04 Å². The lowest BCUT2D eigenvalue weighted by molar-refractivity contribution is 0.0697. The molecule has 1 fully saturated rings. The van der Waals surface area contributed by atoms with Crippen LogP contribution in [0.25, 0.3) is 10.9 Å². The minimum atomic E-state index is -0.892. The van der Waals surface area contributed by atoms with E-state index in [1.54, 1.807) is 31.2 Å². The number of nitrogens with one attached hydrogen (secondary N) is 1. The van der Waals surface area contributed by atoms with Crippen LogP contribution in [0.3, 0.4) is 0 Å². The lowest BCUT2D eigenvalue weighted by Gasteiger charge is -2.31. The molecule has 2 aromatic carbocycles. The Kier molecular flexibility index (Phi) is 6.55. The van der Waals surface area contributed by atoms with Gasteiger partial charge in [-0.05, 0) is 55.0 Å². The summed E-state index contributed by atoms with van der Waals surface area (Å²) in [6.45, 7) is 5.77. The van der Waals surface area contributed by atoms with Crippen molar-refractivity contribution in [1.29, 1.82) is 0 Å². The predicted molar refractivity (Wildman–Crippen MR) is 126 cm³/mol. The monoisotopic (exact) mass is 439 g/mol. The molecule has 164 valence electrons. The van der Waals surface area contributed by atoms with Crippen LogP contribution in [0.1, 0.15) is 39.5 Å². The Balaban J connectivity index is 1.71. The number of H-pyrrole nitrogens is 1. The number of carboxylic acid groups (broad SMARTS) is 1. The molecule has 3 aromatic rings. The maximum Gasteiger partial charge on any atom is 0.335 e. The van der Waals surface area contributed by atoms with Crippen molar-refractivity contribution in [2.45, 2.75) is 25.9 Å². The largest absolute Gasteiger partial charge is 0.496 e. The second kappa shape index (κ2) is 9.34. The van der Waals surface area contributed by atoms with Gasteiger partial charge in [0.25, 0.3) is 0 Å². The highest BCUT2D eigenvalue weighted by atomic mass is 32.2. The highest BCUT2D eigenvalue weighted by Gasteiger charge is 2.27. The zero-order valence-corrected chi connectivity index (χ0v) is 19.0. The van der Waals surface area contributed by atoms with Crippen LogP contribution in [0, 0.1) is 6.92 Å². The van der Waals surface area contributed by atoms with Crippen LogP contribution in [0.2, 0.25) is 0 Å². The van der Waals surface area contributed by atoms with E-state index < -0.39 is 5.97 Å². The third-order valence-corrected chi connectivity index (χ3v) is 7.10. The number of aromatic carboxylic acids is 1. The Labute approximate surface area is 187 Å². The van der Waals surface area contributed by atoms with E-state index in [0.717, 1.165) is 49.4 Å². The molecule has 1 unspecified atom stereocenters. The average molecular weight is 440 g/mol. The van der Waals surface area contributed by atoms with Gasteiger partial charge < -0.3 is 14.8 Å². The van der Waals surface area contributed by atoms with Crippen molar-refractivity contribution < 1.29 is 14.6 Å². The third-order valence-electron chi connectivity index (χ3n) is 6.22. The van der Waals surface area contributed by atoms with Crippen LogP contribution in [0.5, 0.6) is 5.75 Å². The van der Waals surface area contributed by atoms with Gasteiger partial charge in [0, 0.05) is 54.9 Å². The minimum absolute atomic E-state index is 0.208. The molecule has 1 aliphatic heterocycles. The first-order valence-electron chi connectivity index (χ1n) is 10.5. The van der Waals surface area contributed by atoms with Gasteiger partial charge >= 0.3 is 5.97 Å². The Bertz CT molecular complexity index is 1060. The lowest BCUT2D eigenvalue weighted by Crippen LogP contribution is -2.30. The molecule has 0 spiro atoms. The normalized spacial score (nSPS) is 18.2. The van der Waals surface area contributed by atoms with E-state index in [2.05, 4.69) is 39.5 Å². The molecule has 7 heteroatoms. The first kappa shape index (κ1) is 21.7. The zero-order valence-electron chi connectivity index (χ0n) is 18.2. The quantitative estimate of drug-likeness (QED) is 0.542. The average Bonchev–Trinajstić information content (AvgIpc) is 3.19. The number of methoxy groups -OCH3 is 1. The maximum atomic E-state index is 11.3. The summed E-state index contributed by atoms with van der Waals surface area (Å²) >= 11 is 1.78. The van der Waals surface area contributed by atoms with Gasteiger partial charge in [-0.1, -0.05) is 24.1 Å². The number of carboxylic acids is 1. The summed E-state index contributed by atoms with van der Waals surface area (Å²) in [5.74, 6) is 0.0209. The van der Waals surface area contributed by atoms with Crippen LogP contribution >= 0.6 is 11.9 Å². The van der Waals surface area contributed by atoms with Crippen molar-refractivity contribution >= 4 is 28.8 Å². The third kappa shape index (κ3) is 4.44. The first-order valence-corrected chi connectivity index (χ1v) is 11.7. The molecule has 2 N–H and O–H groups in total. The summed E-state index contributed by atoms with van der Waals surface area (Å²) < 4.78 is 8.18. The fourth-order valence-corrected chi connectivity index (χ4v) is 5.09. The number of hydrogen-bond donors (Lipinski definition) is 2. The number of aryl methyl sites for hydroxylation is 1. The van der Waals surface area contributed by atoms with Gasteiger partial charge in [0.05, 0.1) is 12.7 Å². The SMILES string of the molecule is COc1cc(C)c2[nH]ccc2c1CN1CCN(SC)CCC1c1ccc(C(=O)O)cc1. The molecule has 0 radical (unpaired) electrons. The Hall–Kier alpha value is -2.48. The first-order chi connectivity index (χ1) is 15.0. The summed E-state index contributed by atoms with van der Waals surface area (Å²) in [7, 11) is 1.73. The Morgan fingerprint density at radius 2 is 2.00 bits per heavy atom. The second-order valence-electron chi connectivity index (χ2n) is 7.95. The van der Waals surface area contributed by atoms with E-state index in [9.17, 15) is 9.90 Å². The van der Waals surface area contributed by atoms with Crippen LogP contribution in [-0.4, -0.2) is 58.3 Å². The van der Waals surface area contributed by atoms with Crippen LogP contribution in [0.15, 0.2) is 42.6 Å². The van der Waals surface area contributed by atoms with Crippen LogP contribution in [-0.2, 0) is 6.54 Å². The number of rotatable bonds is 6. The molecule has 1 saturated heterocycles. The van der Waals surface area contributed by atoms with Crippen molar-refractivity contribution in [2.75, 3.05) is 33.0 Å². The van der Waals surface area contributed by atoms with E-state index in [4.69, 9.17) is 4.74 Å². The number of fused-ring (bicyclic) bond motifs is 1. The number of aromatic nitrogens is 1. The maximum absolute atomic E-state index is 11.3. The van der Waals surface area contributed by atoms with Gasteiger partial charge in [-0.15, -0.1) is 0 Å². The summed E-state index contributed by atoms with van der Waals surface area (Å²) in [6.07, 6.45) is 5.09. The van der Waals surface area contributed by atoms with Gasteiger partial charge in [0.2, 0.25) is 0 Å². The lowest BCUT2D eigenvalue weighted by atomic mass is 9.98. The van der Waals surface area contributed by atoms with Gasteiger partial charge in [-0.3, -0.25) is 4.90 Å². The molecule has 1 aliphatic rings. The molecule has 0 amide bonds. The smallest absolute Gasteiger partial charge is 0.335 e. The summed E-state index contributed by atoms with van der Waals surface area (Å²) in [6, 6.07) is 11.8. The van der Waals surface area contributed by atoms with E-state index >= 15 is 0 Å². The number of ether oxygens (including phenoxy) is 1. The summed E-state index contributed by atoms with van der Waals surface area (Å²) in [5, 5.41) is 10.5.